The van der Waals surface area contributed by atoms with Crippen LogP contribution in [-0.4, -0.2) is 47.2 Å². The maximum atomic E-state index is 4.08. The number of nitrogens with zero attached hydrogens (tertiary/aromatic N) is 3. The van der Waals surface area contributed by atoms with Gasteiger partial charge in [0.2, 0.25) is 0 Å². The van der Waals surface area contributed by atoms with Crippen LogP contribution >= 0.6 is 0 Å². The molecule has 4 heteroatoms. The zero-order valence-corrected chi connectivity index (χ0v) is 13.1. The van der Waals surface area contributed by atoms with Gasteiger partial charge >= 0.3 is 0 Å². The van der Waals surface area contributed by atoms with Gasteiger partial charge < -0.3 is 14.8 Å². The minimum atomic E-state index is 0.762. The van der Waals surface area contributed by atoms with Crippen molar-refractivity contribution in [2.45, 2.75) is 39.7 Å². The van der Waals surface area contributed by atoms with Crippen LogP contribution in [0, 0.1) is 11.8 Å². The van der Waals surface area contributed by atoms with E-state index in [0.29, 0.717) is 0 Å². The number of hydrogen-bond donors (Lipinski definition) is 1. The molecule has 0 spiro atoms. The van der Waals surface area contributed by atoms with Crippen molar-refractivity contribution < 1.29 is 0 Å². The molecule has 1 aliphatic rings. The van der Waals surface area contributed by atoms with Gasteiger partial charge in [-0.05, 0) is 63.8 Å². The van der Waals surface area contributed by atoms with Gasteiger partial charge in [0.15, 0.2) is 0 Å². The normalized spacial score (nSPS) is 17.9. The highest BCUT2D eigenvalue weighted by atomic mass is 15.1. The van der Waals surface area contributed by atoms with Crippen LogP contribution in [0.2, 0.25) is 0 Å². The Morgan fingerprint density at radius 1 is 1.25 bits per heavy atom. The third-order valence-electron chi connectivity index (χ3n) is 4.14. The zero-order valence-electron chi connectivity index (χ0n) is 13.1. The predicted octanol–water partition coefficient (Wildman–Crippen LogP) is 2.23. The average molecular weight is 278 g/mol. The number of likely N-dealkylation sites (tertiary alicyclic amines) is 1. The molecule has 114 valence electrons. The van der Waals surface area contributed by atoms with Crippen molar-refractivity contribution in [1.82, 2.24) is 19.8 Å². The summed E-state index contributed by atoms with van der Waals surface area (Å²) in [5.74, 6) is 1.65. The molecule has 0 saturated carbocycles. The quantitative estimate of drug-likeness (QED) is 0.791. The fourth-order valence-electron chi connectivity index (χ4n) is 2.89. The van der Waals surface area contributed by atoms with E-state index in [1.807, 2.05) is 18.7 Å². The molecule has 1 saturated heterocycles. The van der Waals surface area contributed by atoms with E-state index in [1.165, 1.54) is 45.4 Å². The van der Waals surface area contributed by atoms with E-state index < -0.39 is 0 Å². The number of rotatable bonds is 8. The van der Waals surface area contributed by atoms with Crippen molar-refractivity contribution in [2.24, 2.45) is 11.8 Å². The lowest BCUT2D eigenvalue weighted by atomic mass is 9.96. The lowest BCUT2D eigenvalue weighted by molar-refractivity contribution is 0.178. The van der Waals surface area contributed by atoms with Crippen molar-refractivity contribution in [3.63, 3.8) is 0 Å². The van der Waals surface area contributed by atoms with Crippen molar-refractivity contribution in [3.8, 4) is 0 Å². The van der Waals surface area contributed by atoms with E-state index in [9.17, 15) is 0 Å². The molecule has 0 atom stereocenters. The van der Waals surface area contributed by atoms with Crippen molar-refractivity contribution in [3.05, 3.63) is 18.7 Å². The van der Waals surface area contributed by atoms with E-state index in [4.69, 9.17) is 0 Å². The molecule has 0 amide bonds. The maximum absolute atomic E-state index is 4.08. The van der Waals surface area contributed by atoms with Crippen molar-refractivity contribution in [1.29, 1.82) is 0 Å². The summed E-state index contributed by atoms with van der Waals surface area (Å²) >= 11 is 0. The SMILES string of the molecule is CC(C)CNCC1CCN(CCCn2ccnc2)CC1. The van der Waals surface area contributed by atoms with Crippen LogP contribution in [0.4, 0.5) is 0 Å². The Morgan fingerprint density at radius 3 is 2.70 bits per heavy atom. The predicted molar refractivity (Wildman–Crippen MR) is 83.7 cm³/mol. The lowest BCUT2D eigenvalue weighted by Crippen LogP contribution is -2.38. The molecule has 2 rings (SSSR count). The number of nitrogens with one attached hydrogen (secondary N) is 1. The van der Waals surface area contributed by atoms with E-state index in [-0.39, 0.29) is 0 Å². The molecule has 1 aromatic heterocycles. The second kappa shape index (κ2) is 8.42. The Hall–Kier alpha value is -0.870. The number of aryl methyl sites for hydroxylation is 1. The number of hydrogen-bond acceptors (Lipinski definition) is 3. The smallest absolute Gasteiger partial charge is 0.0945 e. The van der Waals surface area contributed by atoms with Gasteiger partial charge in [-0.25, -0.2) is 4.98 Å². The second-order valence-electron chi connectivity index (χ2n) is 6.49. The Balaban J connectivity index is 1.53. The summed E-state index contributed by atoms with van der Waals surface area (Å²) < 4.78 is 2.17. The molecule has 2 heterocycles. The third-order valence-corrected chi connectivity index (χ3v) is 4.14. The average Bonchev–Trinajstić information content (AvgIpc) is 2.93. The minimum Gasteiger partial charge on any atom is -0.337 e. The highest BCUT2D eigenvalue weighted by molar-refractivity contribution is 4.76. The molecule has 0 bridgehead atoms. The standard InChI is InChI=1S/C16H30N4/c1-15(2)12-18-13-16-4-9-19(10-5-16)7-3-8-20-11-6-17-14-20/h6,11,14-16,18H,3-5,7-10,12-13H2,1-2H3. The number of piperidine rings is 1. The first-order valence-electron chi connectivity index (χ1n) is 8.13. The number of imidazole rings is 1. The van der Waals surface area contributed by atoms with Gasteiger partial charge in [-0.2, -0.15) is 0 Å². The molecule has 1 N–H and O–H groups in total. The molecule has 1 aliphatic heterocycles. The Kier molecular flexibility index (Phi) is 6.54. The molecule has 1 aromatic rings. The van der Waals surface area contributed by atoms with E-state index in [0.717, 1.165) is 24.9 Å². The van der Waals surface area contributed by atoms with E-state index >= 15 is 0 Å². The van der Waals surface area contributed by atoms with Crippen LogP contribution in [0.15, 0.2) is 18.7 Å². The molecule has 0 aliphatic carbocycles. The van der Waals surface area contributed by atoms with Crippen LogP contribution in [0.25, 0.3) is 0 Å². The summed E-state index contributed by atoms with van der Waals surface area (Å²) in [6.45, 7) is 11.8. The highest BCUT2D eigenvalue weighted by Crippen LogP contribution is 2.16. The highest BCUT2D eigenvalue weighted by Gasteiger charge is 2.18. The lowest BCUT2D eigenvalue weighted by Gasteiger charge is -2.32. The van der Waals surface area contributed by atoms with Crippen molar-refractivity contribution >= 4 is 0 Å². The van der Waals surface area contributed by atoms with Gasteiger partial charge in [0, 0.05) is 18.9 Å². The van der Waals surface area contributed by atoms with Gasteiger partial charge in [-0.1, -0.05) is 13.8 Å². The first kappa shape index (κ1) is 15.5. The summed E-state index contributed by atoms with van der Waals surface area (Å²) in [4.78, 5) is 6.70. The van der Waals surface area contributed by atoms with E-state index in [1.54, 1.807) is 0 Å². The van der Waals surface area contributed by atoms with Gasteiger partial charge in [-0.15, -0.1) is 0 Å². The molecular weight excluding hydrogens is 248 g/mol. The van der Waals surface area contributed by atoms with Gasteiger partial charge in [0.1, 0.15) is 0 Å². The summed E-state index contributed by atoms with van der Waals surface area (Å²) in [5.41, 5.74) is 0. The summed E-state index contributed by atoms with van der Waals surface area (Å²) in [5, 5.41) is 3.60. The Labute approximate surface area is 123 Å². The molecular formula is C16H30N4. The molecule has 1 fully saturated rings. The van der Waals surface area contributed by atoms with Gasteiger partial charge in [0.25, 0.3) is 0 Å². The summed E-state index contributed by atoms with van der Waals surface area (Å²) in [7, 11) is 0. The van der Waals surface area contributed by atoms with Crippen LogP contribution < -0.4 is 5.32 Å². The van der Waals surface area contributed by atoms with Crippen LogP contribution in [-0.2, 0) is 6.54 Å². The molecule has 4 nitrogen and oxygen atoms in total. The minimum absolute atomic E-state index is 0.762. The first-order valence-corrected chi connectivity index (χ1v) is 8.13. The van der Waals surface area contributed by atoms with E-state index in [2.05, 4.69) is 33.6 Å². The topological polar surface area (TPSA) is 33.1 Å². The third kappa shape index (κ3) is 5.63. The fourth-order valence-corrected chi connectivity index (χ4v) is 2.89. The first-order chi connectivity index (χ1) is 9.74. The Morgan fingerprint density at radius 2 is 2.05 bits per heavy atom. The molecule has 0 radical (unpaired) electrons. The number of aromatic nitrogens is 2. The summed E-state index contributed by atoms with van der Waals surface area (Å²) in [6, 6.07) is 0. The fraction of sp³-hybridized carbons (Fsp3) is 0.812. The largest absolute Gasteiger partial charge is 0.337 e. The van der Waals surface area contributed by atoms with Crippen LogP contribution in [0.3, 0.4) is 0 Å². The zero-order chi connectivity index (χ0) is 14.2. The molecule has 20 heavy (non-hydrogen) atoms. The summed E-state index contributed by atoms with van der Waals surface area (Å²) in [6.07, 6.45) is 9.76. The Bertz CT molecular complexity index is 339. The van der Waals surface area contributed by atoms with Crippen LogP contribution in [0.5, 0.6) is 0 Å². The second-order valence-corrected chi connectivity index (χ2v) is 6.49. The maximum Gasteiger partial charge on any atom is 0.0945 e. The monoisotopic (exact) mass is 278 g/mol. The van der Waals surface area contributed by atoms with Crippen LogP contribution in [0.1, 0.15) is 33.1 Å². The molecule has 0 aromatic carbocycles. The van der Waals surface area contributed by atoms with Gasteiger partial charge in [-0.3, -0.25) is 0 Å². The molecule has 0 unspecified atom stereocenters. The van der Waals surface area contributed by atoms with Crippen molar-refractivity contribution in [2.75, 3.05) is 32.7 Å². The van der Waals surface area contributed by atoms with Gasteiger partial charge in [0.05, 0.1) is 6.33 Å².